The lowest BCUT2D eigenvalue weighted by molar-refractivity contribution is 0.731. The average Bonchev–Trinajstić information content (AvgIpc) is 3.44. The van der Waals surface area contributed by atoms with E-state index in [4.69, 9.17) is 15.0 Å². The first-order valence-corrected chi connectivity index (χ1v) is 14.0. The van der Waals surface area contributed by atoms with Gasteiger partial charge in [0.1, 0.15) is 5.82 Å². The van der Waals surface area contributed by atoms with Gasteiger partial charge in [0.15, 0.2) is 5.82 Å². The van der Waals surface area contributed by atoms with Crippen LogP contribution in [0.1, 0.15) is 18.2 Å². The van der Waals surface area contributed by atoms with Gasteiger partial charge < -0.3 is 4.57 Å². The Balaban J connectivity index is 1.22. The van der Waals surface area contributed by atoms with Gasteiger partial charge in [-0.3, -0.25) is 0 Å². The lowest BCUT2D eigenvalue weighted by atomic mass is 9.89. The van der Waals surface area contributed by atoms with E-state index < -0.39 is 0 Å². The summed E-state index contributed by atoms with van der Waals surface area (Å²) in [4.78, 5) is 15.1. The molecule has 8 rings (SSSR count). The Morgan fingerprint density at radius 3 is 2.05 bits per heavy atom. The van der Waals surface area contributed by atoms with Crippen molar-refractivity contribution in [2.45, 2.75) is 12.3 Å². The zero-order valence-electron chi connectivity index (χ0n) is 22.4. The fraction of sp³-hybridized carbons (Fsp3) is 0.0541. The van der Waals surface area contributed by atoms with Crippen LogP contribution in [0.5, 0.6) is 0 Å². The van der Waals surface area contributed by atoms with Gasteiger partial charge in [-0.05, 0) is 53.5 Å². The van der Waals surface area contributed by atoms with Gasteiger partial charge >= 0.3 is 0 Å². The molecule has 0 saturated heterocycles. The number of rotatable bonds is 4. The summed E-state index contributed by atoms with van der Waals surface area (Å²) < 4.78 is 2.25. The lowest BCUT2D eigenvalue weighted by Gasteiger charge is -2.23. The van der Waals surface area contributed by atoms with Crippen LogP contribution < -0.4 is 0 Å². The molecule has 1 atom stereocenters. The zero-order chi connectivity index (χ0) is 27.2. The fourth-order valence-corrected chi connectivity index (χ4v) is 5.85. The molecule has 4 nitrogen and oxygen atoms in total. The Kier molecular flexibility index (Phi) is 5.56. The summed E-state index contributed by atoms with van der Waals surface area (Å²) in [7, 11) is 0. The van der Waals surface area contributed by atoms with Crippen molar-refractivity contribution in [2.75, 3.05) is 0 Å². The number of benzene rings is 4. The van der Waals surface area contributed by atoms with E-state index in [0.29, 0.717) is 11.7 Å². The van der Waals surface area contributed by atoms with Gasteiger partial charge in [0, 0.05) is 28.8 Å². The minimum atomic E-state index is 0.317. The van der Waals surface area contributed by atoms with Crippen molar-refractivity contribution in [1.29, 1.82) is 0 Å². The third-order valence-electron chi connectivity index (χ3n) is 7.96. The van der Waals surface area contributed by atoms with Crippen LogP contribution in [0.4, 0.5) is 0 Å². The van der Waals surface area contributed by atoms with Crippen LogP contribution in [-0.4, -0.2) is 19.5 Å². The first kappa shape index (κ1) is 23.5. The topological polar surface area (TPSA) is 43.6 Å². The Bertz CT molecular complexity index is 1960. The smallest absolute Gasteiger partial charge is 0.160 e. The Morgan fingerprint density at radius 1 is 0.610 bits per heavy atom. The van der Waals surface area contributed by atoms with Crippen molar-refractivity contribution in [2.24, 2.45) is 0 Å². The second kappa shape index (κ2) is 9.68. The van der Waals surface area contributed by atoms with Gasteiger partial charge in [0.25, 0.3) is 0 Å². The van der Waals surface area contributed by atoms with Gasteiger partial charge in [-0.15, -0.1) is 0 Å². The molecule has 0 bridgehead atoms. The maximum Gasteiger partial charge on any atom is 0.160 e. The highest BCUT2D eigenvalue weighted by molar-refractivity contribution is 5.86. The van der Waals surface area contributed by atoms with Crippen LogP contribution in [0, 0.1) is 0 Å². The Labute approximate surface area is 238 Å². The monoisotopic (exact) mass is 526 g/mol. The Hall–Kier alpha value is -5.35. The second-order valence-corrected chi connectivity index (χ2v) is 10.5. The van der Waals surface area contributed by atoms with Crippen molar-refractivity contribution >= 4 is 17.2 Å². The van der Waals surface area contributed by atoms with E-state index in [0.717, 1.165) is 62.5 Å². The molecule has 1 aliphatic heterocycles. The molecule has 0 radical (unpaired) electrons. The predicted molar refractivity (Wildman–Crippen MR) is 167 cm³/mol. The molecule has 1 unspecified atom stereocenters. The quantitative estimate of drug-likeness (QED) is 0.230. The zero-order valence-corrected chi connectivity index (χ0v) is 22.4. The van der Waals surface area contributed by atoms with Crippen molar-refractivity contribution in [3.05, 3.63) is 145 Å². The first-order chi connectivity index (χ1) is 20.3. The normalized spacial score (nSPS) is 15.4. The van der Waals surface area contributed by atoms with Crippen molar-refractivity contribution < 1.29 is 0 Å². The molecule has 3 heterocycles. The van der Waals surface area contributed by atoms with Gasteiger partial charge in [0.05, 0.1) is 22.4 Å². The van der Waals surface area contributed by atoms with Crippen LogP contribution in [0.15, 0.2) is 139 Å². The lowest BCUT2D eigenvalue weighted by Crippen LogP contribution is -2.12. The van der Waals surface area contributed by atoms with Crippen molar-refractivity contribution in [3.63, 3.8) is 0 Å². The molecule has 0 amide bonds. The number of nitrogens with zero attached hydrogens (tertiary/aromatic N) is 4. The third-order valence-corrected chi connectivity index (χ3v) is 7.96. The number of imidazole rings is 1. The summed E-state index contributed by atoms with van der Waals surface area (Å²) in [5.41, 5.74) is 10.7. The molecule has 4 heteroatoms. The van der Waals surface area contributed by atoms with Crippen molar-refractivity contribution in [1.82, 2.24) is 19.5 Å². The minimum absolute atomic E-state index is 0.317. The first-order valence-electron chi connectivity index (χ1n) is 14.0. The molecular formula is C37H26N4. The minimum Gasteiger partial charge on any atom is -0.303 e. The van der Waals surface area contributed by atoms with Gasteiger partial charge in [-0.2, -0.15) is 0 Å². The van der Waals surface area contributed by atoms with Crippen LogP contribution in [0.25, 0.3) is 62.3 Å². The SMILES string of the molecule is C1=CCC2C(=C1)C=Cn1c2nc2ccc(-c3cccc(-c4nc(-c5ccccc5)cc(-c5ccccc5)n4)c3)cc21. The number of fused-ring (bicyclic) bond motifs is 5. The summed E-state index contributed by atoms with van der Waals surface area (Å²) in [6, 6.07) is 37.8. The van der Waals surface area contributed by atoms with Crippen LogP contribution in [-0.2, 0) is 0 Å². The molecule has 1 aliphatic carbocycles. The molecular weight excluding hydrogens is 500 g/mol. The number of aromatic nitrogens is 4. The highest BCUT2D eigenvalue weighted by Gasteiger charge is 2.25. The van der Waals surface area contributed by atoms with E-state index in [1.807, 2.05) is 36.4 Å². The van der Waals surface area contributed by atoms with Crippen LogP contribution in [0.2, 0.25) is 0 Å². The molecule has 6 aromatic rings. The Morgan fingerprint density at radius 2 is 1.29 bits per heavy atom. The van der Waals surface area contributed by atoms with Crippen LogP contribution >= 0.6 is 0 Å². The number of allylic oxidation sites excluding steroid dienone is 5. The van der Waals surface area contributed by atoms with Gasteiger partial charge in [0.2, 0.25) is 0 Å². The van der Waals surface area contributed by atoms with Gasteiger partial charge in [-0.1, -0.05) is 103 Å². The number of hydrogen-bond acceptors (Lipinski definition) is 3. The van der Waals surface area contributed by atoms with Crippen molar-refractivity contribution in [3.8, 4) is 45.0 Å². The van der Waals surface area contributed by atoms with E-state index in [9.17, 15) is 0 Å². The fourth-order valence-electron chi connectivity index (χ4n) is 5.85. The summed E-state index contributed by atoms with van der Waals surface area (Å²) in [6.45, 7) is 0. The molecule has 0 saturated carbocycles. The molecule has 194 valence electrons. The summed E-state index contributed by atoms with van der Waals surface area (Å²) in [5.74, 6) is 2.14. The highest BCUT2D eigenvalue weighted by Crippen LogP contribution is 2.38. The maximum atomic E-state index is 5.03. The summed E-state index contributed by atoms with van der Waals surface area (Å²) in [5, 5.41) is 0. The molecule has 0 spiro atoms. The summed E-state index contributed by atoms with van der Waals surface area (Å²) in [6.07, 6.45) is 11.9. The molecule has 0 fully saturated rings. The number of hydrogen-bond donors (Lipinski definition) is 0. The molecule has 4 aromatic carbocycles. The highest BCUT2D eigenvalue weighted by atomic mass is 15.1. The third kappa shape index (κ3) is 4.21. The van der Waals surface area contributed by atoms with E-state index in [1.54, 1.807) is 0 Å². The summed E-state index contributed by atoms with van der Waals surface area (Å²) >= 11 is 0. The molecule has 0 N–H and O–H groups in total. The van der Waals surface area contributed by atoms with E-state index in [1.165, 1.54) is 5.57 Å². The van der Waals surface area contributed by atoms with Crippen LogP contribution in [0.3, 0.4) is 0 Å². The average molecular weight is 527 g/mol. The molecule has 41 heavy (non-hydrogen) atoms. The largest absolute Gasteiger partial charge is 0.303 e. The maximum absolute atomic E-state index is 5.03. The molecule has 2 aromatic heterocycles. The van der Waals surface area contributed by atoms with Gasteiger partial charge in [-0.25, -0.2) is 15.0 Å². The standard InChI is InChI=1S/C37H26N4/c1-3-11-26(12-4-1)33-24-34(27-13-5-2-6-14-27)39-36(38-33)30-16-9-15-28(22-30)29-18-19-32-35(23-29)41-21-20-25-10-7-8-17-31(25)37(41)40-32/h1-16,18-24,31H,17H2. The predicted octanol–water partition coefficient (Wildman–Crippen LogP) is 8.95. The second-order valence-electron chi connectivity index (χ2n) is 10.5. The molecule has 2 aliphatic rings. The van der Waals surface area contributed by atoms with E-state index in [2.05, 4.69) is 108 Å². The van der Waals surface area contributed by atoms with E-state index in [-0.39, 0.29) is 0 Å². The van der Waals surface area contributed by atoms with E-state index >= 15 is 0 Å².